The van der Waals surface area contributed by atoms with Crippen molar-refractivity contribution in [2.24, 2.45) is 5.73 Å². The zero-order valence-electron chi connectivity index (χ0n) is 8.58. The van der Waals surface area contributed by atoms with Gasteiger partial charge in [0.1, 0.15) is 0 Å². The molecule has 2 atom stereocenters. The van der Waals surface area contributed by atoms with Gasteiger partial charge in [0.2, 0.25) is 0 Å². The molecule has 1 aliphatic carbocycles. The number of hydrogen-bond acceptors (Lipinski definition) is 3. The quantitative estimate of drug-likeness (QED) is 0.626. The lowest BCUT2D eigenvalue weighted by molar-refractivity contribution is 0.106. The van der Waals surface area contributed by atoms with Gasteiger partial charge in [-0.25, -0.2) is 0 Å². The fraction of sp³-hybridized carbons (Fsp3) is 1.00. The van der Waals surface area contributed by atoms with Gasteiger partial charge in [0.15, 0.2) is 0 Å². The van der Waals surface area contributed by atoms with Crippen LogP contribution in [0, 0.1) is 0 Å². The first-order chi connectivity index (χ1) is 6.27. The van der Waals surface area contributed by atoms with E-state index in [2.05, 4.69) is 16.8 Å². The van der Waals surface area contributed by atoms with Crippen molar-refractivity contribution < 1.29 is 0 Å². The summed E-state index contributed by atoms with van der Waals surface area (Å²) < 4.78 is 0. The van der Waals surface area contributed by atoms with E-state index in [4.69, 9.17) is 5.73 Å². The van der Waals surface area contributed by atoms with Crippen LogP contribution in [0.15, 0.2) is 0 Å². The predicted octanol–water partition coefficient (Wildman–Crippen LogP) is 0.114. The molecular formula is C10H21N3. The standard InChI is InChI=1S/C10H21N3/c1-12-5-7-13(8-6-12)10-4-2-3-9(10)11/h9-10H,2-8,11H2,1H3/t9-,10+/m0/s1. The van der Waals surface area contributed by atoms with Crippen molar-refractivity contribution in [3.63, 3.8) is 0 Å². The van der Waals surface area contributed by atoms with Gasteiger partial charge in [0, 0.05) is 38.3 Å². The van der Waals surface area contributed by atoms with Crippen LogP contribution in [0.25, 0.3) is 0 Å². The van der Waals surface area contributed by atoms with Crippen molar-refractivity contribution in [2.75, 3.05) is 33.2 Å². The molecule has 76 valence electrons. The van der Waals surface area contributed by atoms with Crippen LogP contribution in [0.5, 0.6) is 0 Å². The van der Waals surface area contributed by atoms with E-state index in [0.29, 0.717) is 12.1 Å². The van der Waals surface area contributed by atoms with Crippen LogP contribution >= 0.6 is 0 Å². The zero-order chi connectivity index (χ0) is 9.26. The summed E-state index contributed by atoms with van der Waals surface area (Å²) in [6, 6.07) is 1.14. The summed E-state index contributed by atoms with van der Waals surface area (Å²) in [5.41, 5.74) is 6.09. The minimum Gasteiger partial charge on any atom is -0.326 e. The maximum atomic E-state index is 6.09. The number of likely N-dealkylation sites (N-methyl/N-ethyl adjacent to an activating group) is 1. The molecule has 0 aromatic carbocycles. The highest BCUT2D eigenvalue weighted by molar-refractivity contribution is 4.89. The average Bonchev–Trinajstić information content (AvgIpc) is 2.53. The highest BCUT2D eigenvalue weighted by Gasteiger charge is 2.30. The minimum atomic E-state index is 0.448. The first-order valence-electron chi connectivity index (χ1n) is 5.45. The van der Waals surface area contributed by atoms with Crippen molar-refractivity contribution in [3.8, 4) is 0 Å². The Bertz CT molecular complexity index is 164. The molecule has 2 rings (SSSR count). The Morgan fingerprint density at radius 3 is 2.31 bits per heavy atom. The van der Waals surface area contributed by atoms with E-state index in [1.54, 1.807) is 0 Å². The lowest BCUT2D eigenvalue weighted by Crippen LogP contribution is -2.52. The molecule has 0 aromatic heterocycles. The van der Waals surface area contributed by atoms with Crippen LogP contribution in [0.2, 0.25) is 0 Å². The highest BCUT2D eigenvalue weighted by Crippen LogP contribution is 2.23. The molecule has 0 unspecified atom stereocenters. The topological polar surface area (TPSA) is 32.5 Å². The number of nitrogens with two attached hydrogens (primary N) is 1. The Morgan fingerprint density at radius 1 is 1.08 bits per heavy atom. The number of nitrogens with zero attached hydrogens (tertiary/aromatic N) is 2. The molecule has 1 saturated heterocycles. The molecular weight excluding hydrogens is 162 g/mol. The predicted molar refractivity (Wildman–Crippen MR) is 54.7 cm³/mol. The van der Waals surface area contributed by atoms with Crippen LogP contribution in [0.4, 0.5) is 0 Å². The fourth-order valence-electron chi connectivity index (χ4n) is 2.58. The van der Waals surface area contributed by atoms with Gasteiger partial charge < -0.3 is 10.6 Å². The molecule has 2 aliphatic rings. The van der Waals surface area contributed by atoms with E-state index in [0.717, 1.165) is 0 Å². The number of rotatable bonds is 1. The molecule has 13 heavy (non-hydrogen) atoms. The fourth-order valence-corrected chi connectivity index (χ4v) is 2.58. The van der Waals surface area contributed by atoms with Gasteiger partial charge in [0.05, 0.1) is 0 Å². The second-order valence-electron chi connectivity index (χ2n) is 4.50. The summed E-state index contributed by atoms with van der Waals surface area (Å²) in [6.07, 6.45) is 3.89. The molecule has 3 heteroatoms. The lowest BCUT2D eigenvalue weighted by atomic mass is 10.1. The number of hydrogen-bond donors (Lipinski definition) is 1. The van der Waals surface area contributed by atoms with Gasteiger partial charge in [-0.05, 0) is 19.9 Å². The third-order valence-corrected chi connectivity index (χ3v) is 3.54. The maximum Gasteiger partial charge on any atom is 0.0248 e. The van der Waals surface area contributed by atoms with Gasteiger partial charge in [-0.1, -0.05) is 6.42 Å². The van der Waals surface area contributed by atoms with Crippen molar-refractivity contribution in [1.29, 1.82) is 0 Å². The zero-order valence-corrected chi connectivity index (χ0v) is 8.58. The van der Waals surface area contributed by atoms with Crippen molar-refractivity contribution in [3.05, 3.63) is 0 Å². The van der Waals surface area contributed by atoms with E-state index < -0.39 is 0 Å². The third-order valence-electron chi connectivity index (χ3n) is 3.54. The van der Waals surface area contributed by atoms with Gasteiger partial charge >= 0.3 is 0 Å². The van der Waals surface area contributed by atoms with E-state index in [1.165, 1.54) is 45.4 Å². The summed E-state index contributed by atoms with van der Waals surface area (Å²) in [5, 5.41) is 0. The molecule has 1 saturated carbocycles. The summed E-state index contributed by atoms with van der Waals surface area (Å²) in [4.78, 5) is 4.99. The monoisotopic (exact) mass is 183 g/mol. The normalized spacial score (nSPS) is 38.3. The second-order valence-corrected chi connectivity index (χ2v) is 4.50. The van der Waals surface area contributed by atoms with Crippen molar-refractivity contribution in [1.82, 2.24) is 9.80 Å². The van der Waals surface area contributed by atoms with Gasteiger partial charge in [-0.3, -0.25) is 4.90 Å². The first kappa shape index (κ1) is 9.44. The Hall–Kier alpha value is -0.120. The van der Waals surface area contributed by atoms with Gasteiger partial charge in [-0.2, -0.15) is 0 Å². The molecule has 3 nitrogen and oxygen atoms in total. The summed E-state index contributed by atoms with van der Waals surface area (Å²) >= 11 is 0. The van der Waals surface area contributed by atoms with Crippen LogP contribution in [-0.4, -0.2) is 55.1 Å². The third kappa shape index (κ3) is 2.03. The Morgan fingerprint density at radius 2 is 1.77 bits per heavy atom. The maximum absolute atomic E-state index is 6.09. The summed E-state index contributed by atoms with van der Waals surface area (Å²) in [5.74, 6) is 0. The van der Waals surface area contributed by atoms with Crippen LogP contribution in [-0.2, 0) is 0 Å². The molecule has 2 N–H and O–H groups in total. The molecule has 0 amide bonds. The van der Waals surface area contributed by atoms with Crippen molar-refractivity contribution >= 4 is 0 Å². The Labute approximate surface area is 80.9 Å². The largest absolute Gasteiger partial charge is 0.326 e. The van der Waals surface area contributed by atoms with Crippen LogP contribution in [0.3, 0.4) is 0 Å². The SMILES string of the molecule is CN1CCN([C@@H]2CCC[C@@H]2N)CC1. The molecule has 0 spiro atoms. The Kier molecular flexibility index (Phi) is 2.86. The summed E-state index contributed by atoms with van der Waals surface area (Å²) in [6.45, 7) is 4.86. The molecule has 1 heterocycles. The van der Waals surface area contributed by atoms with E-state index >= 15 is 0 Å². The molecule has 2 fully saturated rings. The van der Waals surface area contributed by atoms with Gasteiger partial charge in [-0.15, -0.1) is 0 Å². The van der Waals surface area contributed by atoms with E-state index in [1.807, 2.05) is 0 Å². The van der Waals surface area contributed by atoms with Crippen LogP contribution in [0.1, 0.15) is 19.3 Å². The van der Waals surface area contributed by atoms with Crippen LogP contribution < -0.4 is 5.73 Å². The lowest BCUT2D eigenvalue weighted by Gasteiger charge is -2.38. The molecule has 0 aromatic rings. The van der Waals surface area contributed by atoms with Crippen molar-refractivity contribution in [2.45, 2.75) is 31.3 Å². The van der Waals surface area contributed by atoms with E-state index in [-0.39, 0.29) is 0 Å². The highest BCUT2D eigenvalue weighted by atomic mass is 15.3. The van der Waals surface area contributed by atoms with E-state index in [9.17, 15) is 0 Å². The van der Waals surface area contributed by atoms with Gasteiger partial charge in [0.25, 0.3) is 0 Å². The molecule has 0 bridgehead atoms. The summed E-state index contributed by atoms with van der Waals surface area (Å²) in [7, 11) is 2.20. The first-order valence-corrected chi connectivity index (χ1v) is 5.45. The second kappa shape index (κ2) is 3.95. The smallest absolute Gasteiger partial charge is 0.0248 e. The molecule has 0 radical (unpaired) electrons. The minimum absolute atomic E-state index is 0.448. The number of piperazine rings is 1. The molecule has 1 aliphatic heterocycles. The average molecular weight is 183 g/mol. The Balaban J connectivity index is 1.86.